The third-order valence-electron chi connectivity index (χ3n) is 12.2. The molecular weight excluding hydrogens is 719 g/mol. The molecule has 0 radical (unpaired) electrons. The van der Waals surface area contributed by atoms with Gasteiger partial charge < -0.3 is 5.11 Å². The molecule has 0 unspecified atom stereocenters. The highest BCUT2D eigenvalue weighted by Crippen LogP contribution is 2.46. The van der Waals surface area contributed by atoms with E-state index in [1.54, 1.807) is 18.3 Å². The number of hydrogen-bond acceptors (Lipinski definition) is 3. The Balaban J connectivity index is 1.42. The summed E-state index contributed by atoms with van der Waals surface area (Å²) in [7, 11) is 0. The zero-order valence-corrected chi connectivity index (χ0v) is 35.8. The summed E-state index contributed by atoms with van der Waals surface area (Å²) in [5.74, 6) is 0.796. The molecule has 1 N–H and O–H groups in total. The predicted molar refractivity (Wildman–Crippen MR) is 248 cm³/mol. The Morgan fingerprint density at radius 3 is 2.03 bits per heavy atom. The Morgan fingerprint density at radius 1 is 0.593 bits per heavy atom. The van der Waals surface area contributed by atoms with Gasteiger partial charge in [0.2, 0.25) is 0 Å². The first-order chi connectivity index (χ1) is 30.1. The Hall–Kier alpha value is -6.26. The second kappa shape index (κ2) is 14.8. The number of fused-ring (bicyclic) bond motifs is 1. The molecule has 0 atom stereocenters. The SMILES string of the molecule is [2H]c1c([2H])c([2H])c(-c2ccnc(-c3cc(-c4cccc5c4nc(-c4cc(C)cc(C)c4O)n5-c4ccc(C(C)(C)C(C)(C)C)cc4-c4ccccc4)cc(C(C)(C)C)c3)c2)c([2H])c1[2H]. The van der Waals surface area contributed by atoms with Crippen molar-refractivity contribution in [2.75, 3.05) is 0 Å². The van der Waals surface area contributed by atoms with Gasteiger partial charge in [-0.25, -0.2) is 4.98 Å². The van der Waals surface area contributed by atoms with E-state index in [0.29, 0.717) is 22.6 Å². The van der Waals surface area contributed by atoms with E-state index >= 15 is 0 Å². The topological polar surface area (TPSA) is 50.9 Å². The van der Waals surface area contributed by atoms with Crippen LogP contribution in [0.3, 0.4) is 0 Å². The first-order valence-corrected chi connectivity index (χ1v) is 20.3. The number of phenols is 1. The maximum absolute atomic E-state index is 11.8. The third kappa shape index (κ3) is 7.38. The molecule has 0 aliphatic rings. The summed E-state index contributed by atoms with van der Waals surface area (Å²) in [4.78, 5) is 10.3. The minimum absolute atomic E-state index is 0.0215. The highest BCUT2D eigenvalue weighted by atomic mass is 16.3. The van der Waals surface area contributed by atoms with Crippen molar-refractivity contribution in [2.24, 2.45) is 5.41 Å². The number of hydrogen-bond donors (Lipinski definition) is 1. The van der Waals surface area contributed by atoms with E-state index < -0.39 is 6.04 Å². The molecule has 0 aliphatic heterocycles. The fourth-order valence-electron chi connectivity index (χ4n) is 7.79. The highest BCUT2D eigenvalue weighted by molar-refractivity contribution is 5.98. The summed E-state index contributed by atoms with van der Waals surface area (Å²) in [6.07, 6.45) is 1.62. The van der Waals surface area contributed by atoms with E-state index in [-0.39, 0.29) is 51.7 Å². The van der Waals surface area contributed by atoms with Crippen LogP contribution in [-0.2, 0) is 10.8 Å². The van der Waals surface area contributed by atoms with E-state index in [2.05, 4.69) is 139 Å². The Kier molecular flexibility index (Phi) is 8.47. The number of phenolic OH excluding ortho intramolecular Hbond substituents is 1. The molecule has 0 aliphatic carbocycles. The van der Waals surface area contributed by atoms with Gasteiger partial charge in [-0.2, -0.15) is 0 Å². The summed E-state index contributed by atoms with van der Waals surface area (Å²) in [5.41, 5.74) is 12.7. The van der Waals surface area contributed by atoms with Crippen LogP contribution < -0.4 is 0 Å². The lowest BCUT2D eigenvalue weighted by atomic mass is 9.65. The number of imidazole rings is 1. The number of rotatable bonds is 7. The molecule has 2 aromatic heterocycles. The molecule has 296 valence electrons. The van der Waals surface area contributed by atoms with E-state index in [1.807, 2.05) is 32.0 Å². The van der Waals surface area contributed by atoms with Crippen molar-refractivity contribution in [1.29, 1.82) is 0 Å². The molecule has 2 heterocycles. The number of nitrogens with zero attached hydrogens (tertiary/aromatic N) is 3. The molecule has 6 aromatic carbocycles. The number of aromatic nitrogens is 3. The number of pyridine rings is 1. The van der Waals surface area contributed by atoms with Crippen LogP contribution in [0.2, 0.25) is 0 Å². The summed E-state index contributed by atoms with van der Waals surface area (Å²) in [5, 5.41) is 11.8. The molecule has 0 bridgehead atoms. The molecule has 0 fully saturated rings. The minimum atomic E-state index is -0.430. The van der Waals surface area contributed by atoms with Crippen LogP contribution in [0.15, 0.2) is 146 Å². The Bertz CT molecular complexity index is 3110. The van der Waals surface area contributed by atoms with Gasteiger partial charge in [0.1, 0.15) is 11.6 Å². The van der Waals surface area contributed by atoms with Crippen molar-refractivity contribution < 1.29 is 12.0 Å². The van der Waals surface area contributed by atoms with E-state index in [1.165, 1.54) is 5.56 Å². The molecule has 8 rings (SSSR count). The zero-order valence-electron chi connectivity index (χ0n) is 40.8. The van der Waals surface area contributed by atoms with Gasteiger partial charge in [0.05, 0.1) is 34.8 Å². The smallest absolute Gasteiger partial charge is 0.149 e. The van der Waals surface area contributed by atoms with E-state index in [9.17, 15) is 5.11 Å². The summed E-state index contributed by atoms with van der Waals surface area (Å²) in [6.45, 7) is 21.9. The number of benzene rings is 6. The van der Waals surface area contributed by atoms with Crippen LogP contribution in [0, 0.1) is 19.3 Å². The number of para-hydroxylation sites is 1. The monoisotopic (exact) mass is 778 g/mol. The van der Waals surface area contributed by atoms with Gasteiger partial charge in [-0.3, -0.25) is 9.55 Å². The lowest BCUT2D eigenvalue weighted by molar-refractivity contribution is 0.225. The second-order valence-electron chi connectivity index (χ2n) is 18.4. The quantitative estimate of drug-likeness (QED) is 0.175. The molecule has 4 heteroatoms. The average Bonchev–Trinajstić information content (AvgIpc) is 3.65. The van der Waals surface area contributed by atoms with Crippen molar-refractivity contribution in [3.63, 3.8) is 0 Å². The van der Waals surface area contributed by atoms with Crippen LogP contribution >= 0.6 is 0 Å². The van der Waals surface area contributed by atoms with Crippen LogP contribution in [-0.4, -0.2) is 19.6 Å². The van der Waals surface area contributed by atoms with Crippen LogP contribution in [0.4, 0.5) is 0 Å². The number of aromatic hydroxyl groups is 1. The molecule has 0 saturated heterocycles. The predicted octanol–water partition coefficient (Wildman–Crippen LogP) is 14.7. The normalized spacial score (nSPS) is 13.5. The molecule has 4 nitrogen and oxygen atoms in total. The van der Waals surface area contributed by atoms with Crippen molar-refractivity contribution >= 4 is 11.0 Å². The van der Waals surface area contributed by atoms with E-state index in [4.69, 9.17) is 16.8 Å². The van der Waals surface area contributed by atoms with Crippen LogP contribution in [0.25, 0.3) is 72.7 Å². The van der Waals surface area contributed by atoms with Gasteiger partial charge in [0.25, 0.3) is 0 Å². The standard InChI is InChI=1S/C55H55N3O/c1-35-28-36(2)51(59)46(29-35)52-57-50-44(40-30-41(32-43(31-40)53(3,4)5)47-33-39(26-27-56-47)37-18-13-11-14-19-37)22-17-23-49(50)58(52)48-25-24-42(55(9,10)54(6,7)8)34-45(48)38-20-15-12-16-21-38/h11-34,59H,1-10H3/i11D,13D,14D,18D,19D. The lowest BCUT2D eigenvalue weighted by Crippen LogP contribution is -2.34. The largest absolute Gasteiger partial charge is 0.507 e. The summed E-state index contributed by atoms with van der Waals surface area (Å²) < 4.78 is 44.3. The Labute approximate surface area is 357 Å². The maximum Gasteiger partial charge on any atom is 0.149 e. The molecule has 0 amide bonds. The summed E-state index contributed by atoms with van der Waals surface area (Å²) >= 11 is 0. The van der Waals surface area contributed by atoms with Crippen molar-refractivity contribution in [3.8, 4) is 67.5 Å². The fraction of sp³-hybridized carbons (Fsp3) is 0.236. The average molecular weight is 779 g/mol. The molecule has 0 spiro atoms. The van der Waals surface area contributed by atoms with E-state index in [0.717, 1.165) is 61.2 Å². The van der Waals surface area contributed by atoms with Gasteiger partial charge in [0, 0.05) is 22.9 Å². The van der Waals surface area contributed by atoms with Gasteiger partial charge in [-0.15, -0.1) is 0 Å². The number of aryl methyl sites for hydroxylation is 2. The first kappa shape index (κ1) is 33.7. The van der Waals surface area contributed by atoms with Crippen LogP contribution in [0.1, 0.15) is 84.5 Å². The van der Waals surface area contributed by atoms with Crippen LogP contribution in [0.5, 0.6) is 5.75 Å². The molecular formula is C55H55N3O. The molecule has 0 saturated carbocycles. The molecule has 59 heavy (non-hydrogen) atoms. The first-order valence-electron chi connectivity index (χ1n) is 22.8. The minimum Gasteiger partial charge on any atom is -0.507 e. The highest BCUT2D eigenvalue weighted by Gasteiger charge is 2.35. The van der Waals surface area contributed by atoms with Crippen molar-refractivity contribution in [2.45, 2.75) is 80.1 Å². The van der Waals surface area contributed by atoms with Crippen molar-refractivity contribution in [1.82, 2.24) is 14.5 Å². The Morgan fingerprint density at radius 2 is 1.32 bits per heavy atom. The lowest BCUT2D eigenvalue weighted by Gasteiger charge is -2.40. The van der Waals surface area contributed by atoms with Crippen molar-refractivity contribution in [3.05, 3.63) is 168 Å². The third-order valence-corrected chi connectivity index (χ3v) is 12.2. The van der Waals surface area contributed by atoms with Gasteiger partial charge in [-0.1, -0.05) is 146 Å². The maximum atomic E-state index is 11.8. The van der Waals surface area contributed by atoms with Gasteiger partial charge in [0.15, 0.2) is 0 Å². The van der Waals surface area contributed by atoms with Gasteiger partial charge in [-0.05, 0) is 123 Å². The molecule has 8 aromatic rings. The fourth-order valence-corrected chi connectivity index (χ4v) is 7.79. The zero-order chi connectivity index (χ0) is 46.2. The second-order valence-corrected chi connectivity index (χ2v) is 18.4. The van der Waals surface area contributed by atoms with Gasteiger partial charge >= 0.3 is 0 Å². The summed E-state index contributed by atoms with van der Waals surface area (Å²) in [6, 6.07) is 35.6.